The predicted molar refractivity (Wildman–Crippen MR) is 62.4 cm³/mol. The molecule has 0 saturated carbocycles. The van der Waals surface area contributed by atoms with Crippen molar-refractivity contribution in [3.05, 3.63) is 28.8 Å². The Bertz CT molecular complexity index is 703. The molecular formula is C11H9F3N2O3S. The van der Waals surface area contributed by atoms with Gasteiger partial charge in [0, 0.05) is 0 Å². The van der Waals surface area contributed by atoms with Crippen LogP contribution < -0.4 is 5.73 Å². The highest BCUT2D eigenvalue weighted by Crippen LogP contribution is 2.34. The molecule has 0 heterocycles. The van der Waals surface area contributed by atoms with E-state index in [1.54, 1.807) is 0 Å². The first-order chi connectivity index (χ1) is 9.04. The number of carbonyl (C=O) groups is 1. The molecule has 0 saturated heterocycles. The fourth-order valence-corrected chi connectivity index (χ4v) is 2.62. The molecule has 0 atom stereocenters. The summed E-state index contributed by atoms with van der Waals surface area (Å²) in [5, 5.41) is 8.71. The average molecular weight is 306 g/mol. The van der Waals surface area contributed by atoms with E-state index in [4.69, 9.17) is 11.0 Å². The van der Waals surface area contributed by atoms with Gasteiger partial charge in [-0.3, -0.25) is 4.79 Å². The summed E-state index contributed by atoms with van der Waals surface area (Å²) in [6.07, 6.45) is -4.90. The number of rotatable bonds is 3. The number of carbonyl (C=O) groups excluding carboxylic acids is 1. The Morgan fingerprint density at radius 2 is 1.95 bits per heavy atom. The number of benzene rings is 1. The Kier molecular flexibility index (Phi) is 4.10. The topological polar surface area (TPSA) is 101 Å². The number of halogens is 3. The number of nitrogens with zero attached hydrogens (tertiary/aromatic N) is 1. The Morgan fingerprint density at radius 3 is 2.30 bits per heavy atom. The normalized spacial score (nSPS) is 11.9. The van der Waals surface area contributed by atoms with Gasteiger partial charge < -0.3 is 5.73 Å². The summed E-state index contributed by atoms with van der Waals surface area (Å²) in [5.41, 5.74) is 1.86. The first-order valence-corrected chi connectivity index (χ1v) is 6.87. The van der Waals surface area contributed by atoms with Crippen LogP contribution in [0.2, 0.25) is 0 Å². The van der Waals surface area contributed by atoms with Crippen molar-refractivity contribution in [1.29, 1.82) is 5.26 Å². The monoisotopic (exact) mass is 306 g/mol. The van der Waals surface area contributed by atoms with Crippen LogP contribution in [0.3, 0.4) is 0 Å². The van der Waals surface area contributed by atoms with Crippen LogP contribution >= 0.6 is 0 Å². The van der Waals surface area contributed by atoms with Gasteiger partial charge in [0.25, 0.3) is 0 Å². The number of nitriles is 1. The molecule has 0 radical (unpaired) electrons. The number of hydrogen-bond donors (Lipinski definition) is 1. The number of nitrogens with two attached hydrogens (primary N) is 1. The van der Waals surface area contributed by atoms with Gasteiger partial charge in [-0.05, 0) is 12.1 Å². The second kappa shape index (κ2) is 5.13. The Hall–Kier alpha value is -2.08. The molecule has 0 aliphatic rings. The first kappa shape index (κ1) is 16.0. The number of amides is 1. The van der Waals surface area contributed by atoms with Gasteiger partial charge in [0.05, 0.1) is 33.4 Å². The van der Waals surface area contributed by atoms with Gasteiger partial charge in [-0.2, -0.15) is 18.4 Å². The van der Waals surface area contributed by atoms with Crippen LogP contribution in [-0.2, 0) is 16.0 Å². The number of alkyl halides is 3. The van der Waals surface area contributed by atoms with Crippen molar-refractivity contribution >= 4 is 15.7 Å². The zero-order chi connectivity index (χ0) is 15.7. The lowest BCUT2D eigenvalue weighted by Crippen LogP contribution is -2.20. The molecule has 0 aliphatic carbocycles. The maximum absolute atomic E-state index is 12.7. The largest absolute Gasteiger partial charge is 0.417 e. The van der Waals surface area contributed by atoms with E-state index in [0.717, 1.165) is 0 Å². The first-order valence-electron chi connectivity index (χ1n) is 5.22. The second-order valence-electron chi connectivity index (χ2n) is 3.77. The van der Waals surface area contributed by atoms with Gasteiger partial charge >= 0.3 is 6.18 Å². The third kappa shape index (κ3) is 2.91. The summed E-state index contributed by atoms with van der Waals surface area (Å²) in [4.78, 5) is 10.5. The van der Waals surface area contributed by atoms with Gasteiger partial charge in [0.1, 0.15) is 0 Å². The van der Waals surface area contributed by atoms with Crippen LogP contribution in [0, 0.1) is 11.3 Å². The van der Waals surface area contributed by atoms with Crippen LogP contribution in [0.4, 0.5) is 13.2 Å². The molecule has 0 aliphatic heterocycles. The average Bonchev–Trinajstić information content (AvgIpc) is 2.35. The van der Waals surface area contributed by atoms with E-state index in [1.165, 1.54) is 13.0 Å². The predicted octanol–water partition coefficient (Wildman–Crippen LogP) is 1.47. The van der Waals surface area contributed by atoms with Gasteiger partial charge in [-0.15, -0.1) is 0 Å². The van der Waals surface area contributed by atoms with Gasteiger partial charge in [-0.25, -0.2) is 8.42 Å². The molecule has 20 heavy (non-hydrogen) atoms. The maximum atomic E-state index is 12.7. The molecule has 2 N–H and O–H groups in total. The molecule has 108 valence electrons. The molecule has 1 rings (SSSR count). The minimum atomic E-state index is -4.90. The molecule has 9 heteroatoms. The van der Waals surface area contributed by atoms with Gasteiger partial charge in [-0.1, -0.05) is 6.92 Å². The molecule has 1 aromatic rings. The molecule has 1 aromatic carbocycles. The molecule has 0 bridgehead atoms. The fraction of sp³-hybridized carbons (Fsp3) is 0.273. The lowest BCUT2D eigenvalue weighted by Gasteiger charge is -2.13. The van der Waals surface area contributed by atoms with Crippen LogP contribution in [-0.4, -0.2) is 20.1 Å². The third-order valence-corrected chi connectivity index (χ3v) is 4.29. The smallest absolute Gasteiger partial charge is 0.366 e. The van der Waals surface area contributed by atoms with Crippen molar-refractivity contribution in [1.82, 2.24) is 0 Å². The lowest BCUT2D eigenvalue weighted by molar-refractivity contribution is -0.137. The number of sulfone groups is 1. The third-order valence-electron chi connectivity index (χ3n) is 2.53. The van der Waals surface area contributed by atoms with E-state index in [-0.39, 0.29) is 0 Å². The molecular weight excluding hydrogens is 297 g/mol. The van der Waals surface area contributed by atoms with Gasteiger partial charge in [0.15, 0.2) is 9.84 Å². The van der Waals surface area contributed by atoms with E-state index in [0.29, 0.717) is 12.1 Å². The number of primary amides is 1. The fourth-order valence-electron chi connectivity index (χ4n) is 1.51. The highest BCUT2D eigenvalue weighted by molar-refractivity contribution is 7.91. The summed E-state index contributed by atoms with van der Waals surface area (Å²) in [5.74, 6) is -1.75. The zero-order valence-electron chi connectivity index (χ0n) is 10.2. The molecule has 0 spiro atoms. The van der Waals surface area contributed by atoms with E-state index in [9.17, 15) is 26.4 Å². The van der Waals surface area contributed by atoms with Gasteiger partial charge in [0.2, 0.25) is 5.91 Å². The molecule has 0 unspecified atom stereocenters. The van der Waals surface area contributed by atoms with Crippen molar-refractivity contribution in [2.75, 3.05) is 5.75 Å². The van der Waals surface area contributed by atoms with E-state index < -0.39 is 49.3 Å². The zero-order valence-corrected chi connectivity index (χ0v) is 11.0. The summed E-state index contributed by atoms with van der Waals surface area (Å²) in [6.45, 7) is 1.25. The van der Waals surface area contributed by atoms with Crippen LogP contribution in [0.5, 0.6) is 0 Å². The molecule has 5 nitrogen and oxygen atoms in total. The minimum absolute atomic E-state index is 0.295. The highest BCUT2D eigenvalue weighted by atomic mass is 32.2. The quantitative estimate of drug-likeness (QED) is 0.913. The van der Waals surface area contributed by atoms with Crippen LogP contribution in [0.15, 0.2) is 17.0 Å². The summed E-state index contributed by atoms with van der Waals surface area (Å²) >= 11 is 0. The van der Waals surface area contributed by atoms with Crippen molar-refractivity contribution in [3.8, 4) is 6.07 Å². The highest BCUT2D eigenvalue weighted by Gasteiger charge is 2.36. The molecule has 0 aromatic heterocycles. The Balaban J connectivity index is 3.83. The molecule has 1 amide bonds. The maximum Gasteiger partial charge on any atom is 0.417 e. The van der Waals surface area contributed by atoms with Crippen LogP contribution in [0.25, 0.3) is 0 Å². The lowest BCUT2D eigenvalue weighted by atomic mass is 10.0. The van der Waals surface area contributed by atoms with E-state index in [2.05, 4.69) is 0 Å². The van der Waals surface area contributed by atoms with Crippen LogP contribution in [0.1, 0.15) is 28.4 Å². The van der Waals surface area contributed by atoms with E-state index in [1.807, 2.05) is 0 Å². The summed E-state index contributed by atoms with van der Waals surface area (Å²) < 4.78 is 61.7. The minimum Gasteiger partial charge on any atom is -0.366 e. The summed E-state index contributed by atoms with van der Waals surface area (Å²) in [7, 11) is -3.99. The number of hydrogen-bond acceptors (Lipinski definition) is 4. The van der Waals surface area contributed by atoms with E-state index >= 15 is 0 Å². The van der Waals surface area contributed by atoms with Crippen molar-refractivity contribution in [3.63, 3.8) is 0 Å². The van der Waals surface area contributed by atoms with Crippen molar-refractivity contribution in [2.24, 2.45) is 5.73 Å². The standard InChI is InChI=1S/C11H9F3N2O3S/c1-2-20(18,19)9-3-6(5-15)8(11(12,13)14)4-7(9)10(16)17/h3-4H,2H2,1H3,(H2,16,17). The van der Waals surface area contributed by atoms with Crippen molar-refractivity contribution in [2.45, 2.75) is 18.0 Å². The Morgan fingerprint density at radius 1 is 1.40 bits per heavy atom. The summed E-state index contributed by atoms with van der Waals surface area (Å²) in [6, 6.07) is 2.09. The van der Waals surface area contributed by atoms with Crippen molar-refractivity contribution < 1.29 is 26.4 Å². The second-order valence-corrected chi connectivity index (χ2v) is 6.02. The molecule has 0 fully saturated rings. The Labute approximate surface area is 112 Å². The SMILES string of the molecule is CCS(=O)(=O)c1cc(C#N)c(C(F)(F)F)cc1C(N)=O.